The van der Waals surface area contributed by atoms with Gasteiger partial charge in [0.1, 0.15) is 19.3 Å². The Balaban J connectivity index is 5.24. The summed E-state index contributed by atoms with van der Waals surface area (Å²) in [4.78, 5) is 72.1. The SMILES string of the molecule is CCCCCCCCCCCCC(=O)OC[C@H](COP(=O)(O)OC[C@H](O)COP(=O)(O)OC[C@@H](COC(=O)CCCCCCCCCC(C)C)OC(=O)CCCCCCCCCCC(C)C)OC(=O)CCCCCCCCCCCC. The van der Waals surface area contributed by atoms with Gasteiger partial charge in [-0.25, -0.2) is 9.13 Å². The Bertz CT molecular complexity index is 1600. The molecule has 0 aromatic carbocycles. The quantitative estimate of drug-likeness (QED) is 0.0222. The van der Waals surface area contributed by atoms with Crippen molar-refractivity contribution < 1.29 is 80.2 Å². The first-order valence-corrected chi connectivity index (χ1v) is 35.5. The van der Waals surface area contributed by atoms with Crippen molar-refractivity contribution in [2.45, 2.75) is 323 Å². The summed E-state index contributed by atoms with van der Waals surface area (Å²) in [7, 11) is -9.88. The number of phosphoric acid groups is 2. The van der Waals surface area contributed by atoms with E-state index in [1.165, 1.54) is 116 Å². The van der Waals surface area contributed by atoms with Gasteiger partial charge in [-0.3, -0.25) is 37.3 Å². The highest BCUT2D eigenvalue weighted by molar-refractivity contribution is 7.47. The number of rotatable bonds is 61. The Kier molecular flexibility index (Phi) is 53.4. The van der Waals surface area contributed by atoms with E-state index in [0.29, 0.717) is 31.6 Å². The predicted molar refractivity (Wildman–Crippen MR) is 321 cm³/mol. The lowest BCUT2D eigenvalue weighted by atomic mass is 10.0. The molecule has 0 rings (SSSR count). The van der Waals surface area contributed by atoms with Gasteiger partial charge in [0, 0.05) is 25.7 Å². The van der Waals surface area contributed by atoms with Crippen molar-refractivity contribution >= 4 is 39.5 Å². The van der Waals surface area contributed by atoms with E-state index < -0.39 is 97.5 Å². The van der Waals surface area contributed by atoms with Crippen molar-refractivity contribution in [3.05, 3.63) is 0 Å². The number of phosphoric ester groups is 2. The fourth-order valence-electron chi connectivity index (χ4n) is 9.18. The molecule has 5 atom stereocenters. The van der Waals surface area contributed by atoms with Crippen LogP contribution in [0.3, 0.4) is 0 Å². The zero-order valence-corrected chi connectivity index (χ0v) is 53.9. The fourth-order valence-corrected chi connectivity index (χ4v) is 10.8. The number of hydrogen-bond donors (Lipinski definition) is 3. The summed E-state index contributed by atoms with van der Waals surface area (Å²) in [5, 5.41) is 10.5. The summed E-state index contributed by atoms with van der Waals surface area (Å²) < 4.78 is 67.9. The minimum absolute atomic E-state index is 0.104. The van der Waals surface area contributed by atoms with Crippen LogP contribution in [0.25, 0.3) is 0 Å². The second kappa shape index (κ2) is 54.7. The summed E-state index contributed by atoms with van der Waals surface area (Å²) in [6, 6.07) is 0. The second-order valence-corrected chi connectivity index (χ2v) is 26.3. The van der Waals surface area contributed by atoms with Crippen LogP contribution >= 0.6 is 15.6 Å². The fraction of sp³-hybridized carbons (Fsp3) is 0.935. The molecule has 0 bridgehead atoms. The van der Waals surface area contributed by atoms with Crippen LogP contribution in [-0.2, 0) is 65.4 Å². The minimum Gasteiger partial charge on any atom is -0.462 e. The second-order valence-electron chi connectivity index (χ2n) is 23.4. The maximum absolute atomic E-state index is 12.9. The molecule has 17 nitrogen and oxygen atoms in total. The summed E-state index contributed by atoms with van der Waals surface area (Å²) in [6.45, 7) is 9.36. The lowest BCUT2D eigenvalue weighted by Crippen LogP contribution is -2.30. The summed E-state index contributed by atoms with van der Waals surface area (Å²) >= 11 is 0. The average molecular weight is 1200 g/mol. The highest BCUT2D eigenvalue weighted by Gasteiger charge is 2.30. The molecular weight excluding hydrogens is 1080 g/mol. The maximum atomic E-state index is 12.9. The molecule has 480 valence electrons. The molecule has 0 fully saturated rings. The van der Waals surface area contributed by atoms with Gasteiger partial charge >= 0.3 is 39.5 Å². The van der Waals surface area contributed by atoms with Crippen molar-refractivity contribution in [3.8, 4) is 0 Å². The molecule has 0 saturated carbocycles. The molecule has 0 radical (unpaired) electrons. The van der Waals surface area contributed by atoms with Gasteiger partial charge < -0.3 is 33.8 Å². The summed E-state index contributed by atoms with van der Waals surface area (Å²) in [6.07, 6.45) is 36.2. The van der Waals surface area contributed by atoms with E-state index in [4.69, 9.17) is 37.0 Å². The van der Waals surface area contributed by atoms with E-state index in [9.17, 15) is 43.2 Å². The Labute approximate surface area is 492 Å². The lowest BCUT2D eigenvalue weighted by Gasteiger charge is -2.21. The van der Waals surface area contributed by atoms with Crippen molar-refractivity contribution in [1.29, 1.82) is 0 Å². The number of aliphatic hydroxyl groups excluding tert-OH is 1. The average Bonchev–Trinajstić information content (AvgIpc) is 3.42. The van der Waals surface area contributed by atoms with Crippen molar-refractivity contribution in [3.63, 3.8) is 0 Å². The number of unbranched alkanes of at least 4 members (excludes halogenated alkanes) is 31. The van der Waals surface area contributed by atoms with Gasteiger partial charge in [-0.1, -0.05) is 253 Å². The number of ether oxygens (including phenoxy) is 4. The normalized spacial score (nSPS) is 14.4. The third-order valence-corrected chi connectivity index (χ3v) is 16.1. The van der Waals surface area contributed by atoms with Crippen LogP contribution in [0.2, 0.25) is 0 Å². The van der Waals surface area contributed by atoms with Gasteiger partial charge in [0.05, 0.1) is 26.4 Å². The molecule has 2 unspecified atom stereocenters. The standard InChI is InChI=1S/C62H120O17P2/c1-7-9-11-13-15-17-19-26-32-38-44-59(64)72-50-57(78-61(66)46-40-34-27-20-18-16-14-12-10-8-2)52-76-80(68,69)74-48-56(63)49-75-81(70,71)77-53-58(51-73-60(65)45-39-33-29-23-25-31-37-43-55(5)6)79-62(67)47-41-35-28-22-21-24-30-36-42-54(3)4/h54-58,63H,7-53H2,1-6H3,(H,68,69)(H,70,71)/t56-,57+,58+/m0/s1. The minimum atomic E-state index is -4.94. The Morgan fingerprint density at radius 2 is 0.568 bits per heavy atom. The van der Waals surface area contributed by atoms with Crippen LogP contribution < -0.4 is 0 Å². The van der Waals surface area contributed by atoms with Crippen molar-refractivity contribution in [2.75, 3.05) is 39.6 Å². The van der Waals surface area contributed by atoms with Crippen LogP contribution in [0, 0.1) is 11.8 Å². The van der Waals surface area contributed by atoms with Gasteiger partial charge in [-0.2, -0.15) is 0 Å². The first-order valence-electron chi connectivity index (χ1n) is 32.5. The van der Waals surface area contributed by atoms with Crippen molar-refractivity contribution in [1.82, 2.24) is 0 Å². The highest BCUT2D eigenvalue weighted by Crippen LogP contribution is 2.45. The molecule has 0 aliphatic heterocycles. The molecular formula is C62H120O17P2. The maximum Gasteiger partial charge on any atom is 0.472 e. The Hall–Kier alpha value is -1.94. The van der Waals surface area contributed by atoms with Crippen LogP contribution in [0.15, 0.2) is 0 Å². The van der Waals surface area contributed by atoms with Crippen LogP contribution in [0.4, 0.5) is 0 Å². The van der Waals surface area contributed by atoms with E-state index in [0.717, 1.165) is 102 Å². The number of aliphatic hydroxyl groups is 1. The predicted octanol–water partition coefficient (Wildman–Crippen LogP) is 16.9. The van der Waals surface area contributed by atoms with Crippen LogP contribution in [0.1, 0.15) is 305 Å². The highest BCUT2D eigenvalue weighted by atomic mass is 31.2. The van der Waals surface area contributed by atoms with Gasteiger partial charge in [-0.05, 0) is 37.5 Å². The first kappa shape index (κ1) is 79.1. The van der Waals surface area contributed by atoms with Gasteiger partial charge in [0.15, 0.2) is 12.2 Å². The molecule has 0 aromatic heterocycles. The molecule has 19 heteroatoms. The number of hydrogen-bond acceptors (Lipinski definition) is 15. The monoisotopic (exact) mass is 1200 g/mol. The number of carbonyl (C=O) groups is 4. The number of esters is 4. The molecule has 0 aromatic rings. The zero-order chi connectivity index (χ0) is 60.1. The van der Waals surface area contributed by atoms with E-state index >= 15 is 0 Å². The molecule has 0 saturated heterocycles. The lowest BCUT2D eigenvalue weighted by molar-refractivity contribution is -0.161. The topological polar surface area (TPSA) is 237 Å². The zero-order valence-electron chi connectivity index (χ0n) is 52.1. The van der Waals surface area contributed by atoms with Crippen LogP contribution in [0.5, 0.6) is 0 Å². The number of carbonyl (C=O) groups excluding carboxylic acids is 4. The van der Waals surface area contributed by atoms with E-state index in [2.05, 4.69) is 41.5 Å². The molecule has 3 N–H and O–H groups in total. The van der Waals surface area contributed by atoms with E-state index in [1.54, 1.807) is 0 Å². The summed E-state index contributed by atoms with van der Waals surface area (Å²) in [5.41, 5.74) is 0. The molecule has 0 aliphatic carbocycles. The molecule has 0 heterocycles. The van der Waals surface area contributed by atoms with Gasteiger partial charge in [0.25, 0.3) is 0 Å². The Morgan fingerprint density at radius 3 is 0.840 bits per heavy atom. The molecule has 0 aliphatic rings. The van der Waals surface area contributed by atoms with E-state index in [1.807, 2.05) is 0 Å². The van der Waals surface area contributed by atoms with Gasteiger partial charge in [0.2, 0.25) is 0 Å². The molecule has 81 heavy (non-hydrogen) atoms. The smallest absolute Gasteiger partial charge is 0.462 e. The van der Waals surface area contributed by atoms with E-state index in [-0.39, 0.29) is 25.7 Å². The third-order valence-electron chi connectivity index (χ3n) is 14.2. The third kappa shape index (κ3) is 56.9. The van der Waals surface area contributed by atoms with Gasteiger partial charge in [-0.15, -0.1) is 0 Å². The van der Waals surface area contributed by atoms with Crippen LogP contribution in [-0.4, -0.2) is 96.7 Å². The summed E-state index contributed by atoms with van der Waals surface area (Å²) in [5.74, 6) is -0.715. The van der Waals surface area contributed by atoms with Crippen molar-refractivity contribution in [2.24, 2.45) is 11.8 Å². The molecule has 0 amide bonds. The molecule has 0 spiro atoms. The largest absolute Gasteiger partial charge is 0.472 e. The Morgan fingerprint density at radius 1 is 0.333 bits per heavy atom. The first-order chi connectivity index (χ1) is 38.9.